The second-order valence-electron chi connectivity index (χ2n) is 3.27. The van der Waals surface area contributed by atoms with E-state index in [1.54, 1.807) is 12.1 Å². The number of halogens is 1. The number of amides is 1. The molecule has 0 unspecified atom stereocenters. The second-order valence-corrected chi connectivity index (χ2v) is 3.68. The molecule has 92 valence electrons. The number of carbonyl (C=O) groups is 1. The standard InChI is InChI=1S/C10H7ClN4O3/c11-6-2-1-3-12-7(6)14-8(16)5-4-13-10(18)15-9(5)17/h1-4H,(H,12,14,16)(H2,13,15,17,18). The molecular weight excluding hydrogens is 260 g/mol. The highest BCUT2D eigenvalue weighted by molar-refractivity contribution is 6.33. The third-order valence-electron chi connectivity index (χ3n) is 2.05. The van der Waals surface area contributed by atoms with Gasteiger partial charge < -0.3 is 10.3 Å². The highest BCUT2D eigenvalue weighted by atomic mass is 35.5. The Balaban J connectivity index is 2.31. The van der Waals surface area contributed by atoms with Gasteiger partial charge in [-0.05, 0) is 12.1 Å². The number of aromatic nitrogens is 3. The lowest BCUT2D eigenvalue weighted by Crippen LogP contribution is -2.29. The van der Waals surface area contributed by atoms with Gasteiger partial charge in [0.05, 0.1) is 5.02 Å². The molecule has 0 spiro atoms. The van der Waals surface area contributed by atoms with Crippen molar-refractivity contribution in [2.75, 3.05) is 5.32 Å². The molecule has 0 aliphatic heterocycles. The SMILES string of the molecule is O=C(Nc1ncccc1Cl)c1c[nH]c(=O)[nH]c1=O. The van der Waals surface area contributed by atoms with Gasteiger partial charge in [0.15, 0.2) is 5.82 Å². The van der Waals surface area contributed by atoms with Crippen molar-refractivity contribution in [3.63, 3.8) is 0 Å². The minimum Gasteiger partial charge on any atom is -0.313 e. The van der Waals surface area contributed by atoms with Crippen LogP contribution in [0.3, 0.4) is 0 Å². The van der Waals surface area contributed by atoms with Crippen LogP contribution in [0, 0.1) is 0 Å². The maximum atomic E-state index is 11.7. The van der Waals surface area contributed by atoms with E-state index in [4.69, 9.17) is 11.6 Å². The van der Waals surface area contributed by atoms with Crippen molar-refractivity contribution in [1.29, 1.82) is 0 Å². The Hall–Kier alpha value is -2.41. The molecule has 0 saturated heterocycles. The smallest absolute Gasteiger partial charge is 0.313 e. The topological polar surface area (TPSA) is 108 Å². The lowest BCUT2D eigenvalue weighted by atomic mass is 10.3. The van der Waals surface area contributed by atoms with Crippen molar-refractivity contribution in [3.05, 3.63) is 56.0 Å². The van der Waals surface area contributed by atoms with E-state index in [2.05, 4.69) is 15.3 Å². The van der Waals surface area contributed by atoms with Gasteiger partial charge in [-0.15, -0.1) is 0 Å². The first-order valence-electron chi connectivity index (χ1n) is 4.82. The van der Waals surface area contributed by atoms with Crippen LogP contribution >= 0.6 is 11.6 Å². The molecule has 0 saturated carbocycles. The van der Waals surface area contributed by atoms with E-state index in [1.807, 2.05) is 4.98 Å². The average Bonchev–Trinajstić information content (AvgIpc) is 2.32. The van der Waals surface area contributed by atoms with Crippen LogP contribution < -0.4 is 16.6 Å². The molecule has 0 radical (unpaired) electrons. The predicted octanol–water partition coefficient (Wildman–Crippen LogP) is 0.364. The summed E-state index contributed by atoms with van der Waals surface area (Å²) in [6, 6.07) is 3.14. The normalized spacial score (nSPS) is 10.1. The Kier molecular flexibility index (Phi) is 3.24. The fourth-order valence-corrected chi connectivity index (χ4v) is 1.40. The number of hydrogen-bond acceptors (Lipinski definition) is 4. The summed E-state index contributed by atoms with van der Waals surface area (Å²) in [5.41, 5.74) is -1.72. The van der Waals surface area contributed by atoms with Gasteiger partial charge in [0.1, 0.15) is 5.56 Å². The van der Waals surface area contributed by atoms with Crippen LogP contribution in [0.1, 0.15) is 10.4 Å². The van der Waals surface area contributed by atoms with E-state index in [-0.39, 0.29) is 16.4 Å². The highest BCUT2D eigenvalue weighted by Gasteiger charge is 2.13. The minimum absolute atomic E-state index is 0.134. The zero-order valence-electron chi connectivity index (χ0n) is 8.86. The molecule has 0 fully saturated rings. The summed E-state index contributed by atoms with van der Waals surface area (Å²) in [6.45, 7) is 0. The number of carbonyl (C=O) groups excluding carboxylic acids is 1. The summed E-state index contributed by atoms with van der Waals surface area (Å²) in [5, 5.41) is 2.61. The summed E-state index contributed by atoms with van der Waals surface area (Å²) >= 11 is 5.80. The minimum atomic E-state index is -0.789. The van der Waals surface area contributed by atoms with Gasteiger partial charge in [-0.1, -0.05) is 11.6 Å². The third kappa shape index (κ3) is 2.46. The molecule has 0 bridgehead atoms. The van der Waals surface area contributed by atoms with Crippen molar-refractivity contribution in [2.45, 2.75) is 0 Å². The molecule has 2 aromatic rings. The maximum absolute atomic E-state index is 11.7. The number of pyridine rings is 1. The molecule has 0 aromatic carbocycles. The van der Waals surface area contributed by atoms with Crippen LogP contribution in [0.5, 0.6) is 0 Å². The Bertz CT molecular complexity index is 707. The van der Waals surface area contributed by atoms with Gasteiger partial charge in [0.2, 0.25) is 0 Å². The molecular formula is C10H7ClN4O3. The molecule has 2 rings (SSSR count). The summed E-state index contributed by atoms with van der Waals surface area (Å²) in [5.74, 6) is -0.581. The number of hydrogen-bond donors (Lipinski definition) is 3. The molecule has 8 heteroatoms. The molecule has 0 aliphatic rings. The van der Waals surface area contributed by atoms with E-state index in [9.17, 15) is 14.4 Å². The van der Waals surface area contributed by atoms with Gasteiger partial charge in [0, 0.05) is 12.4 Å². The monoisotopic (exact) mass is 266 g/mol. The van der Waals surface area contributed by atoms with Crippen LogP contribution in [0.2, 0.25) is 5.02 Å². The quantitative estimate of drug-likeness (QED) is 0.729. The van der Waals surface area contributed by atoms with Crippen LogP contribution in [-0.2, 0) is 0 Å². The molecule has 2 heterocycles. The lowest BCUT2D eigenvalue weighted by Gasteiger charge is -2.04. The van der Waals surface area contributed by atoms with E-state index < -0.39 is 17.2 Å². The Morgan fingerprint density at radius 1 is 1.39 bits per heavy atom. The van der Waals surface area contributed by atoms with Gasteiger partial charge in [-0.25, -0.2) is 9.78 Å². The van der Waals surface area contributed by atoms with Crippen molar-refractivity contribution < 1.29 is 4.79 Å². The number of anilines is 1. The first-order valence-corrected chi connectivity index (χ1v) is 5.19. The van der Waals surface area contributed by atoms with E-state index in [1.165, 1.54) is 6.20 Å². The van der Waals surface area contributed by atoms with Crippen LogP contribution in [0.4, 0.5) is 5.82 Å². The van der Waals surface area contributed by atoms with Crippen LogP contribution in [-0.4, -0.2) is 20.9 Å². The number of H-pyrrole nitrogens is 2. The van der Waals surface area contributed by atoms with Crippen molar-refractivity contribution in [3.8, 4) is 0 Å². The van der Waals surface area contributed by atoms with Gasteiger partial charge in [-0.2, -0.15) is 0 Å². The maximum Gasteiger partial charge on any atom is 0.325 e. The molecule has 7 nitrogen and oxygen atoms in total. The molecule has 2 aromatic heterocycles. The molecule has 1 amide bonds. The molecule has 18 heavy (non-hydrogen) atoms. The van der Waals surface area contributed by atoms with Gasteiger partial charge in [0.25, 0.3) is 11.5 Å². The number of nitrogens with one attached hydrogen (secondary N) is 3. The summed E-state index contributed by atoms with van der Waals surface area (Å²) < 4.78 is 0. The number of nitrogens with zero attached hydrogens (tertiary/aromatic N) is 1. The first kappa shape index (κ1) is 12.1. The highest BCUT2D eigenvalue weighted by Crippen LogP contribution is 2.17. The predicted molar refractivity (Wildman–Crippen MR) is 64.9 cm³/mol. The van der Waals surface area contributed by atoms with Crippen LogP contribution in [0.15, 0.2) is 34.1 Å². The van der Waals surface area contributed by atoms with Gasteiger partial charge in [-0.3, -0.25) is 14.6 Å². The first-order chi connectivity index (χ1) is 8.58. The van der Waals surface area contributed by atoms with Crippen molar-refractivity contribution in [2.24, 2.45) is 0 Å². The molecule has 0 atom stereocenters. The van der Waals surface area contributed by atoms with E-state index >= 15 is 0 Å². The number of rotatable bonds is 2. The lowest BCUT2D eigenvalue weighted by molar-refractivity contribution is 0.102. The van der Waals surface area contributed by atoms with E-state index in [0.717, 1.165) is 6.20 Å². The second kappa shape index (κ2) is 4.84. The summed E-state index contributed by atoms with van der Waals surface area (Å²) in [6.07, 6.45) is 2.46. The molecule has 0 aliphatic carbocycles. The Morgan fingerprint density at radius 3 is 2.83 bits per heavy atom. The zero-order chi connectivity index (χ0) is 13.1. The third-order valence-corrected chi connectivity index (χ3v) is 2.36. The van der Waals surface area contributed by atoms with Crippen LogP contribution in [0.25, 0.3) is 0 Å². The number of aromatic amines is 2. The zero-order valence-corrected chi connectivity index (χ0v) is 9.62. The largest absolute Gasteiger partial charge is 0.325 e. The fourth-order valence-electron chi connectivity index (χ4n) is 1.23. The summed E-state index contributed by atoms with van der Waals surface area (Å²) in [7, 11) is 0. The van der Waals surface area contributed by atoms with Crippen molar-refractivity contribution >= 4 is 23.3 Å². The Morgan fingerprint density at radius 2 is 2.17 bits per heavy atom. The fraction of sp³-hybridized carbons (Fsp3) is 0. The molecule has 3 N–H and O–H groups in total. The van der Waals surface area contributed by atoms with Gasteiger partial charge >= 0.3 is 5.69 Å². The Labute approximate surface area is 105 Å². The van der Waals surface area contributed by atoms with E-state index in [0.29, 0.717) is 0 Å². The summed E-state index contributed by atoms with van der Waals surface area (Å²) in [4.78, 5) is 41.9. The average molecular weight is 267 g/mol. The van der Waals surface area contributed by atoms with Crippen molar-refractivity contribution in [1.82, 2.24) is 15.0 Å².